The second kappa shape index (κ2) is 21.2. The number of para-hydroxylation sites is 1. The van der Waals surface area contributed by atoms with Crippen molar-refractivity contribution < 1.29 is 27.7 Å². The summed E-state index contributed by atoms with van der Waals surface area (Å²) in [5.41, 5.74) is 5.92. The molecule has 0 radical (unpaired) electrons. The number of carbonyl (C=O) groups excluding carboxylic acids is 2. The Labute approximate surface area is 417 Å². The van der Waals surface area contributed by atoms with Crippen molar-refractivity contribution >= 4 is 85.6 Å². The topological polar surface area (TPSA) is 148 Å². The first-order valence-electron chi connectivity index (χ1n) is 24.7. The van der Waals surface area contributed by atoms with Gasteiger partial charge in [0.05, 0.1) is 40.6 Å². The zero-order valence-corrected chi connectivity index (χ0v) is 43.3. The van der Waals surface area contributed by atoms with E-state index in [2.05, 4.69) is 70.6 Å². The minimum absolute atomic E-state index is 0.0709. The van der Waals surface area contributed by atoms with Crippen LogP contribution in [0, 0.1) is 24.5 Å². The monoisotopic (exact) mass is 1040 g/mol. The highest BCUT2D eigenvalue weighted by Gasteiger charge is 2.34. The number of hydrogen-bond acceptors (Lipinski definition) is 13. The number of nitrogens with one attached hydrogen (secondary N) is 3. The molecule has 4 aliphatic rings. The number of benzene rings is 3. The maximum atomic E-state index is 15.2. The van der Waals surface area contributed by atoms with Gasteiger partial charge in [0.25, 0.3) is 0 Å². The number of imide groups is 1. The number of methoxy groups -OCH3 is 1. The van der Waals surface area contributed by atoms with Crippen LogP contribution in [0.3, 0.4) is 0 Å². The molecule has 0 bridgehead atoms. The molecule has 4 aliphatic heterocycles. The predicted octanol–water partition coefficient (Wildman–Crippen LogP) is 9.09. The van der Waals surface area contributed by atoms with Gasteiger partial charge in [0.2, 0.25) is 17.8 Å². The van der Waals surface area contributed by atoms with Crippen LogP contribution in [0.4, 0.5) is 43.3 Å². The zero-order chi connectivity index (χ0) is 49.3. The highest BCUT2D eigenvalue weighted by atomic mass is 79.9. The largest absolute Gasteiger partial charge is 0.494 e. The molecule has 2 aromatic heterocycles. The Morgan fingerprint density at radius 2 is 1.59 bits per heavy atom. The number of halogens is 3. The summed E-state index contributed by atoms with van der Waals surface area (Å²) in [6, 6.07) is 13.5. The molecule has 5 aromatic rings. The number of anilines is 6. The summed E-state index contributed by atoms with van der Waals surface area (Å²) >= 11 is 3.62. The number of carbonyl (C=O) groups is 2. The minimum atomic E-state index is -2.74. The highest BCUT2D eigenvalue weighted by molar-refractivity contribution is 9.10. The molecule has 6 heterocycles. The molecule has 14 nitrogen and oxygen atoms in total. The van der Waals surface area contributed by atoms with E-state index < -0.39 is 36.5 Å². The second-order valence-electron chi connectivity index (χ2n) is 19.7. The highest BCUT2D eigenvalue weighted by Crippen LogP contribution is 2.43. The molecule has 372 valence electrons. The molecule has 9 rings (SSSR count). The van der Waals surface area contributed by atoms with E-state index in [-0.39, 0.29) is 18.4 Å². The Morgan fingerprint density at radius 3 is 2.26 bits per heavy atom. The van der Waals surface area contributed by atoms with Crippen molar-refractivity contribution in [1.82, 2.24) is 30.1 Å². The smallest absolute Gasteiger partial charge is 0.234 e. The average Bonchev–Trinajstić information content (AvgIpc) is 3.34. The standard InChI is InChI=1S/C52H64BrF2N10O4P/c1-6-34-26-42(59-52-57-30-39(53)50(61-52)58-43-31-56-48-32(2)8-7-9-38(48)49(43)70(4,5)68)45(69-3)29-44(34)65-20-15-35(16-21-65)64-24-22-62(23-25-64)17-12-33-13-18-63(19-14-33)36-27-40(54)47(41(55)28-36)37-10-11-46(66)60-51(37)67/h7-9,26-31,33,35,37H,6,10-25H2,1-5H3,(H,60,66,67)(H2,57,58,59,61). The lowest BCUT2D eigenvalue weighted by Crippen LogP contribution is -2.53. The molecule has 0 aliphatic carbocycles. The normalized spacial score (nSPS) is 19.2. The van der Waals surface area contributed by atoms with E-state index in [4.69, 9.17) is 14.7 Å². The van der Waals surface area contributed by atoms with Crippen molar-refractivity contribution in [1.29, 1.82) is 0 Å². The quantitative estimate of drug-likeness (QED) is 0.0719. The summed E-state index contributed by atoms with van der Waals surface area (Å²) < 4.78 is 50.8. The second-order valence-corrected chi connectivity index (χ2v) is 23.7. The number of pyridine rings is 1. The number of ether oxygens (including phenoxy) is 1. The van der Waals surface area contributed by atoms with Gasteiger partial charge in [-0.1, -0.05) is 25.1 Å². The van der Waals surface area contributed by atoms with Gasteiger partial charge in [-0.3, -0.25) is 24.8 Å². The van der Waals surface area contributed by atoms with Crippen molar-refractivity contribution in [3.05, 3.63) is 87.7 Å². The SMILES string of the molecule is CCc1cc(Nc2ncc(Br)c(Nc3cnc4c(C)cccc4c3P(C)(C)=O)n2)c(OC)cc1N1CCC(N2CCN(CCC3CCN(c4cc(F)c(C5CCC(=O)NC5=O)c(F)c4)CC3)CC2)CC1. The predicted molar refractivity (Wildman–Crippen MR) is 279 cm³/mol. The van der Waals surface area contributed by atoms with Crippen LogP contribution in [0.15, 0.2) is 59.3 Å². The van der Waals surface area contributed by atoms with Crippen LogP contribution in [0.5, 0.6) is 5.75 Å². The van der Waals surface area contributed by atoms with Crippen molar-refractivity contribution in [2.24, 2.45) is 5.92 Å². The molecule has 4 saturated heterocycles. The van der Waals surface area contributed by atoms with Crippen LogP contribution >= 0.6 is 23.1 Å². The molecule has 1 unspecified atom stereocenters. The summed E-state index contributed by atoms with van der Waals surface area (Å²) in [5, 5.41) is 10.6. The van der Waals surface area contributed by atoms with Gasteiger partial charge in [-0.25, -0.2) is 13.8 Å². The first-order chi connectivity index (χ1) is 33.7. The molecule has 3 N–H and O–H groups in total. The Kier molecular flexibility index (Phi) is 15.1. The number of hydrogen-bond donors (Lipinski definition) is 3. The molecular formula is C52H64BrF2N10O4P. The Morgan fingerprint density at radius 1 is 0.871 bits per heavy atom. The van der Waals surface area contributed by atoms with Gasteiger partial charge in [0.1, 0.15) is 30.3 Å². The lowest BCUT2D eigenvalue weighted by Gasteiger charge is -2.44. The van der Waals surface area contributed by atoms with E-state index in [1.54, 1.807) is 32.8 Å². The van der Waals surface area contributed by atoms with Crippen LogP contribution in [0.2, 0.25) is 0 Å². The van der Waals surface area contributed by atoms with E-state index >= 15 is 8.78 Å². The Bertz CT molecular complexity index is 2790. The maximum Gasteiger partial charge on any atom is 0.234 e. The van der Waals surface area contributed by atoms with Crippen LogP contribution in [0.25, 0.3) is 10.9 Å². The number of piperazine rings is 1. The van der Waals surface area contributed by atoms with Crippen LogP contribution in [-0.2, 0) is 20.6 Å². The molecule has 4 fully saturated rings. The first-order valence-corrected chi connectivity index (χ1v) is 28.1. The van der Waals surface area contributed by atoms with Crippen LogP contribution in [-0.4, -0.2) is 122 Å². The van der Waals surface area contributed by atoms with Gasteiger partial charge in [-0.15, -0.1) is 0 Å². The summed E-state index contributed by atoms with van der Waals surface area (Å²) in [6.07, 6.45) is 9.69. The molecule has 18 heteroatoms. The van der Waals surface area contributed by atoms with Crippen molar-refractivity contribution in [3.63, 3.8) is 0 Å². The van der Waals surface area contributed by atoms with Crippen LogP contribution in [0.1, 0.15) is 74.5 Å². The Hall–Kier alpha value is -5.22. The zero-order valence-electron chi connectivity index (χ0n) is 40.8. The number of amides is 2. The third-order valence-electron chi connectivity index (χ3n) is 14.8. The van der Waals surface area contributed by atoms with Gasteiger partial charge >= 0.3 is 0 Å². The maximum absolute atomic E-state index is 15.2. The summed E-state index contributed by atoms with van der Waals surface area (Å²) in [4.78, 5) is 47.9. The summed E-state index contributed by atoms with van der Waals surface area (Å²) in [7, 11) is -1.05. The lowest BCUT2D eigenvalue weighted by molar-refractivity contribution is -0.134. The fourth-order valence-electron chi connectivity index (χ4n) is 11.0. The minimum Gasteiger partial charge on any atom is -0.494 e. The van der Waals surface area contributed by atoms with E-state index in [1.165, 1.54) is 23.4 Å². The number of piperidine rings is 3. The van der Waals surface area contributed by atoms with Gasteiger partial charge in [0, 0.05) is 105 Å². The molecule has 0 spiro atoms. The van der Waals surface area contributed by atoms with E-state index in [1.807, 2.05) is 30.0 Å². The number of aryl methyl sites for hydroxylation is 2. The van der Waals surface area contributed by atoms with Crippen molar-refractivity contribution in [2.45, 2.75) is 77.2 Å². The summed E-state index contributed by atoms with van der Waals surface area (Å²) in [6.45, 7) is 16.4. The molecule has 2 amide bonds. The number of rotatable bonds is 14. The fraction of sp³-hybridized carbons (Fsp3) is 0.481. The number of nitrogens with zero attached hydrogens (tertiary/aromatic N) is 7. The van der Waals surface area contributed by atoms with E-state index in [9.17, 15) is 14.2 Å². The third-order valence-corrected chi connectivity index (χ3v) is 17.0. The van der Waals surface area contributed by atoms with Crippen LogP contribution < -0.4 is 35.8 Å². The van der Waals surface area contributed by atoms with Gasteiger partial charge in [0.15, 0.2) is 0 Å². The van der Waals surface area contributed by atoms with E-state index in [0.29, 0.717) is 45.3 Å². The molecule has 1 atom stereocenters. The van der Waals surface area contributed by atoms with Gasteiger partial charge in [-0.05, 0) is 123 Å². The molecular weight excluding hydrogens is 978 g/mol. The molecule has 70 heavy (non-hydrogen) atoms. The molecule has 3 aromatic carbocycles. The van der Waals surface area contributed by atoms with Crippen molar-refractivity contribution in [2.75, 3.05) is 99.8 Å². The number of fused-ring (bicyclic) bond motifs is 1. The summed E-state index contributed by atoms with van der Waals surface area (Å²) in [5.74, 6) is -1.33. The third kappa shape index (κ3) is 10.8. The molecule has 0 saturated carbocycles. The Balaban J connectivity index is 0.754. The van der Waals surface area contributed by atoms with Gasteiger partial charge in [-0.2, -0.15) is 4.98 Å². The van der Waals surface area contributed by atoms with E-state index in [0.717, 1.165) is 125 Å². The fourth-order valence-corrected chi connectivity index (χ4v) is 12.7. The van der Waals surface area contributed by atoms with Crippen molar-refractivity contribution in [3.8, 4) is 5.75 Å². The first kappa shape index (κ1) is 49.7. The number of aromatic nitrogens is 3. The lowest BCUT2D eigenvalue weighted by atomic mass is 9.89. The average molecular weight is 1040 g/mol. The van der Waals surface area contributed by atoms with Gasteiger partial charge < -0.3 is 34.6 Å².